The van der Waals surface area contributed by atoms with E-state index in [1.807, 2.05) is 32.0 Å². The molecule has 0 atom stereocenters. The van der Waals surface area contributed by atoms with Crippen molar-refractivity contribution in [2.75, 3.05) is 10.0 Å². The fourth-order valence-electron chi connectivity index (χ4n) is 2.80. The second-order valence-corrected chi connectivity index (χ2v) is 8.27. The number of amides is 1. The van der Waals surface area contributed by atoms with Gasteiger partial charge in [-0.1, -0.05) is 6.07 Å². The Morgan fingerprint density at radius 2 is 1.41 bits per heavy atom. The first-order valence-electron chi connectivity index (χ1n) is 8.62. The van der Waals surface area contributed by atoms with Gasteiger partial charge >= 0.3 is 0 Å². The van der Waals surface area contributed by atoms with E-state index >= 15 is 0 Å². The Balaban J connectivity index is 1.74. The van der Waals surface area contributed by atoms with Gasteiger partial charge < -0.3 is 5.32 Å². The molecule has 0 saturated heterocycles. The molecule has 0 unspecified atom stereocenters. The van der Waals surface area contributed by atoms with Crippen LogP contribution in [0.25, 0.3) is 0 Å². The predicted octanol–water partition coefficient (Wildman–Crippen LogP) is 4.63. The summed E-state index contributed by atoms with van der Waals surface area (Å²) in [6, 6.07) is 13.7. The highest BCUT2D eigenvalue weighted by Gasteiger charge is 2.17. The molecule has 8 heteroatoms. The zero-order chi connectivity index (χ0) is 21.2. The molecule has 0 bridgehead atoms. The van der Waals surface area contributed by atoms with Crippen LogP contribution in [0.15, 0.2) is 65.6 Å². The molecule has 0 spiro atoms. The van der Waals surface area contributed by atoms with Gasteiger partial charge in [-0.2, -0.15) is 0 Å². The van der Waals surface area contributed by atoms with Crippen molar-refractivity contribution in [3.8, 4) is 0 Å². The molecule has 3 aromatic rings. The zero-order valence-corrected chi connectivity index (χ0v) is 16.5. The van der Waals surface area contributed by atoms with E-state index in [4.69, 9.17) is 0 Å². The van der Waals surface area contributed by atoms with Crippen LogP contribution in [0.2, 0.25) is 0 Å². The average Bonchev–Trinajstić information content (AvgIpc) is 2.63. The number of carbonyl (C=O) groups excluding carboxylic acids is 1. The Morgan fingerprint density at radius 3 is 2.00 bits per heavy atom. The highest BCUT2D eigenvalue weighted by atomic mass is 32.2. The van der Waals surface area contributed by atoms with Gasteiger partial charge in [0.1, 0.15) is 0 Å². The molecule has 0 aromatic heterocycles. The first-order valence-corrected chi connectivity index (χ1v) is 10.1. The number of sulfonamides is 1. The molecule has 0 aliphatic heterocycles. The number of rotatable bonds is 5. The van der Waals surface area contributed by atoms with Crippen LogP contribution in [0.3, 0.4) is 0 Å². The van der Waals surface area contributed by atoms with Gasteiger partial charge in [0.05, 0.1) is 4.90 Å². The molecule has 0 radical (unpaired) electrons. The zero-order valence-electron chi connectivity index (χ0n) is 15.7. The lowest BCUT2D eigenvalue weighted by atomic mass is 10.1. The topological polar surface area (TPSA) is 75.3 Å². The highest BCUT2D eigenvalue weighted by Crippen LogP contribution is 2.20. The molecule has 0 heterocycles. The molecule has 1 amide bonds. The van der Waals surface area contributed by atoms with Gasteiger partial charge in [-0.25, -0.2) is 17.2 Å². The molecule has 150 valence electrons. The SMILES string of the molecule is Cc1cc(C)cc(NC(=O)c2ccc(NS(=O)(=O)c3ccc(F)c(F)c3)cc2)c1. The summed E-state index contributed by atoms with van der Waals surface area (Å²) in [7, 11) is -4.10. The lowest BCUT2D eigenvalue weighted by Crippen LogP contribution is -2.14. The summed E-state index contributed by atoms with van der Waals surface area (Å²) in [5.41, 5.74) is 3.21. The largest absolute Gasteiger partial charge is 0.322 e. The second kappa shape index (κ2) is 8.00. The number of nitrogens with one attached hydrogen (secondary N) is 2. The molecular weight excluding hydrogens is 398 g/mol. The highest BCUT2D eigenvalue weighted by molar-refractivity contribution is 7.92. The van der Waals surface area contributed by atoms with Crippen molar-refractivity contribution < 1.29 is 22.0 Å². The standard InChI is InChI=1S/C21H18F2N2O3S/c1-13-9-14(2)11-17(10-13)24-21(26)15-3-5-16(6-4-15)25-29(27,28)18-7-8-19(22)20(23)12-18/h3-12,25H,1-2H3,(H,24,26). The molecule has 0 aliphatic carbocycles. The lowest BCUT2D eigenvalue weighted by Gasteiger charge is -2.10. The fourth-order valence-corrected chi connectivity index (χ4v) is 3.87. The summed E-state index contributed by atoms with van der Waals surface area (Å²) in [5, 5.41) is 2.79. The summed E-state index contributed by atoms with van der Waals surface area (Å²) in [5.74, 6) is -2.74. The van der Waals surface area contributed by atoms with E-state index in [1.54, 1.807) is 0 Å². The van der Waals surface area contributed by atoms with Crippen molar-refractivity contribution >= 4 is 27.3 Å². The van der Waals surface area contributed by atoms with Crippen LogP contribution in [-0.4, -0.2) is 14.3 Å². The van der Waals surface area contributed by atoms with Gasteiger partial charge in [-0.05, 0) is 79.6 Å². The van der Waals surface area contributed by atoms with Crippen molar-refractivity contribution in [3.05, 3.63) is 89.0 Å². The Kier molecular flexibility index (Phi) is 5.65. The molecule has 3 aromatic carbocycles. The minimum Gasteiger partial charge on any atom is -0.322 e. The van der Waals surface area contributed by atoms with E-state index < -0.39 is 26.6 Å². The molecule has 5 nitrogen and oxygen atoms in total. The Morgan fingerprint density at radius 1 is 0.793 bits per heavy atom. The van der Waals surface area contributed by atoms with Gasteiger partial charge in [0.25, 0.3) is 15.9 Å². The number of halogens is 2. The minimum atomic E-state index is -4.10. The summed E-state index contributed by atoms with van der Waals surface area (Å²) in [6.45, 7) is 3.85. The predicted molar refractivity (Wildman–Crippen MR) is 107 cm³/mol. The van der Waals surface area contributed by atoms with E-state index in [9.17, 15) is 22.0 Å². The summed E-state index contributed by atoms with van der Waals surface area (Å²) in [6.07, 6.45) is 0. The van der Waals surface area contributed by atoms with E-state index in [1.165, 1.54) is 24.3 Å². The van der Waals surface area contributed by atoms with Gasteiger partial charge in [-0.15, -0.1) is 0 Å². The van der Waals surface area contributed by atoms with Crippen LogP contribution in [0, 0.1) is 25.5 Å². The smallest absolute Gasteiger partial charge is 0.261 e. The summed E-state index contributed by atoms with van der Waals surface area (Å²) >= 11 is 0. The third-order valence-electron chi connectivity index (χ3n) is 4.08. The van der Waals surface area contributed by atoms with E-state index in [-0.39, 0.29) is 11.6 Å². The van der Waals surface area contributed by atoms with Crippen LogP contribution in [-0.2, 0) is 10.0 Å². The number of anilines is 2. The Hall–Kier alpha value is -3.26. The van der Waals surface area contributed by atoms with Crippen molar-refractivity contribution in [1.29, 1.82) is 0 Å². The van der Waals surface area contributed by atoms with Crippen molar-refractivity contribution in [1.82, 2.24) is 0 Å². The molecule has 0 aliphatic rings. The van der Waals surface area contributed by atoms with Crippen LogP contribution < -0.4 is 10.0 Å². The van der Waals surface area contributed by atoms with Gasteiger partial charge in [0.15, 0.2) is 11.6 Å². The average molecular weight is 416 g/mol. The minimum absolute atomic E-state index is 0.178. The number of aryl methyl sites for hydroxylation is 2. The number of benzene rings is 3. The molecule has 29 heavy (non-hydrogen) atoms. The first-order chi connectivity index (χ1) is 13.6. The van der Waals surface area contributed by atoms with Gasteiger partial charge in [-0.3, -0.25) is 9.52 Å². The summed E-state index contributed by atoms with van der Waals surface area (Å²) in [4.78, 5) is 12.0. The molecular formula is C21H18F2N2O3S. The number of carbonyl (C=O) groups is 1. The van der Waals surface area contributed by atoms with Gasteiger partial charge in [0.2, 0.25) is 0 Å². The fraction of sp³-hybridized carbons (Fsp3) is 0.0952. The quantitative estimate of drug-likeness (QED) is 0.637. The van der Waals surface area contributed by atoms with E-state index in [0.29, 0.717) is 17.3 Å². The van der Waals surface area contributed by atoms with E-state index in [0.717, 1.165) is 23.3 Å². The molecule has 0 saturated carbocycles. The van der Waals surface area contributed by atoms with Crippen molar-refractivity contribution in [2.45, 2.75) is 18.7 Å². The normalized spacial score (nSPS) is 11.2. The van der Waals surface area contributed by atoms with Gasteiger partial charge in [0, 0.05) is 16.9 Å². The molecule has 0 fully saturated rings. The molecule has 3 rings (SSSR count). The maximum Gasteiger partial charge on any atom is 0.261 e. The van der Waals surface area contributed by atoms with Crippen LogP contribution in [0.1, 0.15) is 21.5 Å². The maximum absolute atomic E-state index is 13.3. The Bertz CT molecular complexity index is 1160. The summed E-state index contributed by atoms with van der Waals surface area (Å²) < 4.78 is 53.2. The van der Waals surface area contributed by atoms with E-state index in [2.05, 4.69) is 10.0 Å². The lowest BCUT2D eigenvalue weighted by molar-refractivity contribution is 0.102. The molecule has 2 N–H and O–H groups in total. The number of hydrogen-bond donors (Lipinski definition) is 2. The van der Waals surface area contributed by atoms with Crippen LogP contribution in [0.5, 0.6) is 0 Å². The monoisotopic (exact) mass is 416 g/mol. The van der Waals surface area contributed by atoms with Crippen molar-refractivity contribution in [2.24, 2.45) is 0 Å². The third-order valence-corrected chi connectivity index (χ3v) is 5.46. The number of hydrogen-bond acceptors (Lipinski definition) is 3. The second-order valence-electron chi connectivity index (χ2n) is 6.59. The van der Waals surface area contributed by atoms with Crippen LogP contribution >= 0.6 is 0 Å². The first kappa shape index (κ1) is 20.5. The third kappa shape index (κ3) is 4.97. The van der Waals surface area contributed by atoms with Crippen LogP contribution in [0.4, 0.5) is 20.2 Å². The maximum atomic E-state index is 13.3. The Labute approximate surface area is 167 Å². The van der Waals surface area contributed by atoms with Crippen molar-refractivity contribution in [3.63, 3.8) is 0 Å².